The van der Waals surface area contributed by atoms with Gasteiger partial charge in [0.15, 0.2) is 0 Å². The monoisotopic (exact) mass is 270 g/mol. The van der Waals surface area contributed by atoms with Crippen molar-refractivity contribution in [3.63, 3.8) is 0 Å². The molecule has 2 unspecified atom stereocenters. The molecule has 0 fully saturated rings. The summed E-state index contributed by atoms with van der Waals surface area (Å²) in [5, 5.41) is 0.655. The molecule has 0 aromatic heterocycles. The fraction of sp³-hybridized carbons (Fsp3) is 0.571. The summed E-state index contributed by atoms with van der Waals surface area (Å²) in [7, 11) is 0. The molecule has 1 aromatic carbocycles. The van der Waals surface area contributed by atoms with E-state index in [0.29, 0.717) is 11.2 Å². The standard InChI is InChI=1S/C14H19ClOS/c1-11(6-8-15)17-10-12-7-9-16-14-5-3-2-4-13(12)14/h2-5,11-12H,6-10H2,1H3. The number of thioether (sulfide) groups is 1. The second kappa shape index (κ2) is 6.55. The lowest BCUT2D eigenvalue weighted by Crippen LogP contribution is -2.16. The highest BCUT2D eigenvalue weighted by Gasteiger charge is 2.21. The molecule has 2 atom stereocenters. The molecule has 0 saturated carbocycles. The number of rotatable bonds is 5. The Balaban J connectivity index is 1.94. The van der Waals surface area contributed by atoms with Crippen molar-refractivity contribution in [2.24, 2.45) is 0 Å². The van der Waals surface area contributed by atoms with Crippen molar-refractivity contribution in [2.75, 3.05) is 18.2 Å². The maximum absolute atomic E-state index is 5.77. The second-order valence-corrected chi connectivity index (χ2v) is 6.34. The zero-order valence-corrected chi connectivity index (χ0v) is 11.8. The van der Waals surface area contributed by atoms with Gasteiger partial charge in [-0.05, 0) is 30.4 Å². The van der Waals surface area contributed by atoms with Crippen molar-refractivity contribution in [1.82, 2.24) is 0 Å². The van der Waals surface area contributed by atoms with E-state index in [0.717, 1.165) is 31.1 Å². The minimum Gasteiger partial charge on any atom is -0.493 e. The molecule has 1 nitrogen and oxygen atoms in total. The molecule has 17 heavy (non-hydrogen) atoms. The number of hydrogen-bond acceptors (Lipinski definition) is 2. The predicted octanol–water partition coefficient (Wildman–Crippen LogP) is 4.30. The molecule has 0 radical (unpaired) electrons. The summed E-state index contributed by atoms with van der Waals surface area (Å²) in [6, 6.07) is 8.43. The van der Waals surface area contributed by atoms with Crippen LogP contribution in [0.2, 0.25) is 0 Å². The van der Waals surface area contributed by atoms with E-state index in [1.54, 1.807) is 0 Å². The van der Waals surface area contributed by atoms with Gasteiger partial charge in [-0.2, -0.15) is 11.8 Å². The van der Waals surface area contributed by atoms with Crippen molar-refractivity contribution in [2.45, 2.75) is 30.9 Å². The third-order valence-electron chi connectivity index (χ3n) is 3.18. The number of benzene rings is 1. The minimum absolute atomic E-state index is 0.641. The lowest BCUT2D eigenvalue weighted by Gasteiger charge is -2.26. The van der Waals surface area contributed by atoms with E-state index in [9.17, 15) is 0 Å². The summed E-state index contributed by atoms with van der Waals surface area (Å²) in [6.45, 7) is 3.12. The molecule has 1 aromatic rings. The van der Waals surface area contributed by atoms with Gasteiger partial charge in [-0.3, -0.25) is 0 Å². The predicted molar refractivity (Wildman–Crippen MR) is 76.6 cm³/mol. The van der Waals surface area contributed by atoms with E-state index in [2.05, 4.69) is 25.1 Å². The van der Waals surface area contributed by atoms with E-state index >= 15 is 0 Å². The van der Waals surface area contributed by atoms with Crippen LogP contribution in [0.3, 0.4) is 0 Å². The van der Waals surface area contributed by atoms with Crippen LogP contribution in [-0.4, -0.2) is 23.5 Å². The lowest BCUT2D eigenvalue weighted by atomic mass is 9.95. The number of para-hydroxylation sites is 1. The summed E-state index contributed by atoms with van der Waals surface area (Å²) in [4.78, 5) is 0. The molecule has 0 N–H and O–H groups in total. The summed E-state index contributed by atoms with van der Waals surface area (Å²) >= 11 is 7.80. The SMILES string of the molecule is CC(CCCl)SCC1CCOc2ccccc21. The van der Waals surface area contributed by atoms with Crippen molar-refractivity contribution in [3.8, 4) is 5.75 Å². The third kappa shape index (κ3) is 3.56. The first-order valence-electron chi connectivity index (χ1n) is 6.20. The van der Waals surface area contributed by atoms with Crippen molar-refractivity contribution < 1.29 is 4.74 Å². The Morgan fingerprint density at radius 2 is 2.29 bits per heavy atom. The van der Waals surface area contributed by atoms with Gasteiger partial charge in [0.2, 0.25) is 0 Å². The zero-order valence-electron chi connectivity index (χ0n) is 10.2. The van der Waals surface area contributed by atoms with Crippen LogP contribution < -0.4 is 4.74 Å². The van der Waals surface area contributed by atoms with Gasteiger partial charge in [0.1, 0.15) is 5.75 Å². The van der Waals surface area contributed by atoms with Gasteiger partial charge >= 0.3 is 0 Å². The highest BCUT2D eigenvalue weighted by molar-refractivity contribution is 7.99. The number of hydrogen-bond donors (Lipinski definition) is 0. The van der Waals surface area contributed by atoms with Crippen molar-refractivity contribution in [3.05, 3.63) is 29.8 Å². The molecule has 2 rings (SSSR count). The highest BCUT2D eigenvalue weighted by atomic mass is 35.5. The van der Waals surface area contributed by atoms with Crippen LogP contribution in [0.15, 0.2) is 24.3 Å². The Labute approximate surface area is 113 Å². The largest absolute Gasteiger partial charge is 0.493 e. The topological polar surface area (TPSA) is 9.23 Å². The van der Waals surface area contributed by atoms with Gasteiger partial charge < -0.3 is 4.74 Å². The van der Waals surface area contributed by atoms with E-state index in [-0.39, 0.29) is 0 Å². The van der Waals surface area contributed by atoms with E-state index < -0.39 is 0 Å². The van der Waals surface area contributed by atoms with Gasteiger partial charge in [-0.25, -0.2) is 0 Å². The summed E-state index contributed by atoms with van der Waals surface area (Å²) in [5.41, 5.74) is 1.38. The smallest absolute Gasteiger partial charge is 0.122 e. The highest BCUT2D eigenvalue weighted by Crippen LogP contribution is 2.36. The summed E-state index contributed by atoms with van der Waals surface area (Å²) in [5.74, 6) is 3.66. The van der Waals surface area contributed by atoms with Gasteiger partial charge in [0.25, 0.3) is 0 Å². The van der Waals surface area contributed by atoms with Gasteiger partial charge in [-0.1, -0.05) is 25.1 Å². The maximum Gasteiger partial charge on any atom is 0.122 e. The first-order valence-corrected chi connectivity index (χ1v) is 7.79. The molecule has 1 aliphatic rings. The fourth-order valence-corrected chi connectivity index (χ4v) is 3.75. The van der Waals surface area contributed by atoms with Crippen molar-refractivity contribution >= 4 is 23.4 Å². The van der Waals surface area contributed by atoms with E-state index in [1.807, 2.05) is 17.8 Å². The molecule has 1 aliphatic heterocycles. The molecule has 1 heterocycles. The number of ether oxygens (including phenoxy) is 1. The van der Waals surface area contributed by atoms with E-state index in [1.165, 1.54) is 11.3 Å². The zero-order chi connectivity index (χ0) is 12.1. The minimum atomic E-state index is 0.641. The van der Waals surface area contributed by atoms with Gasteiger partial charge in [-0.15, -0.1) is 11.6 Å². The molecule has 0 bridgehead atoms. The average Bonchev–Trinajstić information content (AvgIpc) is 2.36. The second-order valence-electron chi connectivity index (χ2n) is 4.49. The van der Waals surface area contributed by atoms with E-state index in [4.69, 9.17) is 16.3 Å². The Morgan fingerprint density at radius 1 is 1.47 bits per heavy atom. The van der Waals surface area contributed by atoms with Crippen LogP contribution >= 0.6 is 23.4 Å². The Hall–Kier alpha value is -0.340. The van der Waals surface area contributed by atoms with Crippen LogP contribution in [0.1, 0.15) is 31.2 Å². The Morgan fingerprint density at radius 3 is 3.12 bits per heavy atom. The molecule has 94 valence electrons. The molecular formula is C14H19ClOS. The van der Waals surface area contributed by atoms with Crippen LogP contribution in [0, 0.1) is 0 Å². The molecule has 0 amide bonds. The molecule has 3 heteroatoms. The van der Waals surface area contributed by atoms with Crippen molar-refractivity contribution in [1.29, 1.82) is 0 Å². The maximum atomic E-state index is 5.77. The van der Waals surface area contributed by atoms with Crippen LogP contribution in [0.4, 0.5) is 0 Å². The number of alkyl halides is 1. The normalized spacial score (nSPS) is 20.5. The summed E-state index contributed by atoms with van der Waals surface area (Å²) in [6.07, 6.45) is 2.23. The van der Waals surface area contributed by atoms with Crippen LogP contribution in [-0.2, 0) is 0 Å². The van der Waals surface area contributed by atoms with Gasteiger partial charge in [0.05, 0.1) is 6.61 Å². The third-order valence-corrected chi connectivity index (χ3v) is 4.80. The lowest BCUT2D eigenvalue weighted by molar-refractivity contribution is 0.273. The molecular weight excluding hydrogens is 252 g/mol. The molecule has 0 aliphatic carbocycles. The van der Waals surface area contributed by atoms with Gasteiger partial charge in [0, 0.05) is 16.9 Å². The van der Waals surface area contributed by atoms with Crippen LogP contribution in [0.25, 0.3) is 0 Å². The number of halogens is 1. The molecule has 0 saturated heterocycles. The average molecular weight is 271 g/mol. The first-order chi connectivity index (χ1) is 8.31. The fourth-order valence-electron chi connectivity index (χ4n) is 2.11. The first kappa shape index (κ1) is 13.1. The Kier molecular flexibility index (Phi) is 5.05. The van der Waals surface area contributed by atoms with Crippen LogP contribution in [0.5, 0.6) is 5.75 Å². The summed E-state index contributed by atoms with van der Waals surface area (Å²) < 4.78 is 5.68. The quantitative estimate of drug-likeness (QED) is 0.738. The Bertz CT molecular complexity index is 356. The number of fused-ring (bicyclic) bond motifs is 1. The molecule has 0 spiro atoms.